The normalized spacial score (nSPS) is 42.9. The van der Waals surface area contributed by atoms with Crippen LogP contribution in [0.15, 0.2) is 35.9 Å². The van der Waals surface area contributed by atoms with Crippen LogP contribution >= 0.6 is 0 Å². The minimum atomic E-state index is -0.328. The van der Waals surface area contributed by atoms with Crippen LogP contribution in [0.25, 0.3) is 10.9 Å². The van der Waals surface area contributed by atoms with Crippen LogP contribution in [0.1, 0.15) is 111 Å². The fourth-order valence-electron chi connectivity index (χ4n) is 12.1. The van der Waals surface area contributed by atoms with Gasteiger partial charge in [0.1, 0.15) is 0 Å². The van der Waals surface area contributed by atoms with Crippen molar-refractivity contribution in [1.29, 1.82) is 0 Å². The number of methoxy groups -OCH3 is 1. The maximum absolute atomic E-state index is 13.5. The average molecular weight is 542 g/mol. The van der Waals surface area contributed by atoms with Crippen LogP contribution in [-0.4, -0.2) is 18.1 Å². The molecule has 0 aliphatic heterocycles. The second kappa shape index (κ2) is 8.07. The molecule has 0 radical (unpaired) electrons. The van der Waals surface area contributed by atoms with Crippen molar-refractivity contribution in [2.24, 2.45) is 44.8 Å². The largest absolute Gasteiger partial charge is 0.469 e. The lowest BCUT2D eigenvalue weighted by atomic mass is 9.33. The molecule has 0 spiro atoms. The lowest BCUT2D eigenvalue weighted by Crippen LogP contribution is -2.64. The first kappa shape index (κ1) is 26.8. The highest BCUT2D eigenvalue weighted by molar-refractivity contribution is 5.85. The Balaban J connectivity index is 1.36. The Bertz CT molecular complexity index is 1430. The quantitative estimate of drug-likeness (QED) is 0.289. The lowest BCUT2D eigenvalue weighted by molar-refractivity contribution is -0.179. The third kappa shape index (κ3) is 3.11. The third-order valence-corrected chi connectivity index (χ3v) is 14.4. The van der Waals surface area contributed by atoms with Crippen molar-refractivity contribution in [3.63, 3.8) is 0 Å². The molecule has 7 rings (SSSR count). The van der Waals surface area contributed by atoms with E-state index in [-0.39, 0.29) is 38.5 Å². The van der Waals surface area contributed by atoms with E-state index < -0.39 is 0 Å². The number of esters is 1. The molecule has 216 valence electrons. The van der Waals surface area contributed by atoms with Gasteiger partial charge in [0.05, 0.1) is 12.5 Å². The van der Waals surface area contributed by atoms with Crippen LogP contribution in [0.3, 0.4) is 0 Å². The SMILES string of the molecule is COC(=O)[C@]12CCC(C)(C)C[C@H]1C1=CC[C@@H]3[C@@]4(C)Cc5c([nH]c6ccccc56)C(C)(C)[C@@H]4CC[C@@]3(C)[C@]1(C)CC2. The molecule has 5 aliphatic carbocycles. The van der Waals surface area contributed by atoms with E-state index >= 15 is 0 Å². The zero-order chi connectivity index (χ0) is 28.5. The minimum absolute atomic E-state index is 0.0554. The Hall–Kier alpha value is -2.03. The highest BCUT2D eigenvalue weighted by Crippen LogP contribution is 2.75. The second-order valence-electron chi connectivity index (χ2n) is 16.8. The predicted molar refractivity (Wildman–Crippen MR) is 163 cm³/mol. The molecule has 3 saturated carbocycles. The van der Waals surface area contributed by atoms with E-state index in [1.165, 1.54) is 35.9 Å². The van der Waals surface area contributed by atoms with E-state index in [1.54, 1.807) is 18.2 Å². The highest BCUT2D eigenvalue weighted by Gasteiger charge is 2.69. The molecule has 1 N–H and O–H groups in total. The second-order valence-corrected chi connectivity index (χ2v) is 16.8. The topological polar surface area (TPSA) is 42.1 Å². The fraction of sp³-hybridized carbons (Fsp3) is 0.703. The summed E-state index contributed by atoms with van der Waals surface area (Å²) in [6, 6.07) is 8.98. The molecule has 1 aromatic carbocycles. The van der Waals surface area contributed by atoms with Crippen molar-refractivity contribution in [2.75, 3.05) is 7.11 Å². The molecule has 2 aromatic rings. The van der Waals surface area contributed by atoms with Gasteiger partial charge < -0.3 is 9.72 Å². The van der Waals surface area contributed by atoms with Gasteiger partial charge in [0, 0.05) is 22.0 Å². The summed E-state index contributed by atoms with van der Waals surface area (Å²) in [5.41, 5.74) is 6.64. The first-order valence-corrected chi connectivity index (χ1v) is 16.1. The van der Waals surface area contributed by atoms with Gasteiger partial charge in [-0.1, -0.05) is 78.3 Å². The van der Waals surface area contributed by atoms with Crippen molar-refractivity contribution < 1.29 is 9.53 Å². The molecule has 0 amide bonds. The Labute approximate surface area is 241 Å². The van der Waals surface area contributed by atoms with Crippen LogP contribution in [0.4, 0.5) is 0 Å². The zero-order valence-electron chi connectivity index (χ0n) is 26.3. The van der Waals surface area contributed by atoms with Gasteiger partial charge in [-0.05, 0) is 109 Å². The van der Waals surface area contributed by atoms with Gasteiger partial charge in [-0.25, -0.2) is 0 Å². The summed E-state index contributed by atoms with van der Waals surface area (Å²) >= 11 is 0. The number of nitrogens with one attached hydrogen (secondary N) is 1. The Morgan fingerprint density at radius 2 is 1.65 bits per heavy atom. The molecular formula is C37H51NO2. The Morgan fingerprint density at radius 3 is 2.40 bits per heavy atom. The van der Waals surface area contributed by atoms with Gasteiger partial charge >= 0.3 is 5.97 Å². The van der Waals surface area contributed by atoms with Gasteiger partial charge in [0.2, 0.25) is 0 Å². The predicted octanol–water partition coefficient (Wildman–Crippen LogP) is 9.16. The molecule has 3 fully saturated rings. The molecule has 3 heteroatoms. The minimum Gasteiger partial charge on any atom is -0.469 e. The van der Waals surface area contributed by atoms with Crippen molar-refractivity contribution in [3.05, 3.63) is 47.2 Å². The van der Waals surface area contributed by atoms with E-state index in [0.29, 0.717) is 17.8 Å². The molecule has 1 aromatic heterocycles. The van der Waals surface area contributed by atoms with Crippen LogP contribution < -0.4 is 0 Å². The zero-order valence-corrected chi connectivity index (χ0v) is 26.3. The number of benzene rings is 1. The van der Waals surface area contributed by atoms with E-state index in [1.807, 2.05) is 0 Å². The van der Waals surface area contributed by atoms with Gasteiger partial charge in [-0.2, -0.15) is 0 Å². The lowest BCUT2D eigenvalue weighted by Gasteiger charge is -2.70. The molecule has 0 saturated heterocycles. The highest BCUT2D eigenvalue weighted by atomic mass is 16.5. The summed E-state index contributed by atoms with van der Waals surface area (Å²) in [4.78, 5) is 17.4. The number of para-hydroxylation sites is 1. The van der Waals surface area contributed by atoms with Crippen molar-refractivity contribution in [1.82, 2.24) is 4.98 Å². The van der Waals surface area contributed by atoms with Crippen LogP contribution in [-0.2, 0) is 21.4 Å². The first-order valence-electron chi connectivity index (χ1n) is 16.1. The van der Waals surface area contributed by atoms with Crippen LogP contribution in [0.5, 0.6) is 0 Å². The Kier molecular flexibility index (Phi) is 5.42. The summed E-state index contributed by atoms with van der Waals surface area (Å²) in [5, 5.41) is 1.43. The number of fused-ring (bicyclic) bond motifs is 10. The number of aromatic amines is 1. The number of carbonyl (C=O) groups excluding carboxylic acids is 1. The van der Waals surface area contributed by atoms with Crippen molar-refractivity contribution in [3.8, 4) is 0 Å². The van der Waals surface area contributed by atoms with E-state index in [4.69, 9.17) is 4.74 Å². The van der Waals surface area contributed by atoms with Gasteiger partial charge in [-0.3, -0.25) is 4.79 Å². The first-order chi connectivity index (χ1) is 18.7. The number of H-pyrrole nitrogens is 1. The fourth-order valence-corrected chi connectivity index (χ4v) is 12.1. The maximum atomic E-state index is 13.5. The molecular weight excluding hydrogens is 490 g/mol. The van der Waals surface area contributed by atoms with Crippen LogP contribution in [0.2, 0.25) is 0 Å². The number of ether oxygens (including phenoxy) is 1. The van der Waals surface area contributed by atoms with E-state index in [2.05, 4.69) is 83.8 Å². The summed E-state index contributed by atoms with van der Waals surface area (Å²) in [7, 11) is 1.61. The monoisotopic (exact) mass is 541 g/mol. The van der Waals surface area contributed by atoms with Crippen molar-refractivity contribution in [2.45, 2.75) is 112 Å². The molecule has 5 aliphatic rings. The van der Waals surface area contributed by atoms with Crippen molar-refractivity contribution >= 4 is 16.9 Å². The van der Waals surface area contributed by atoms with E-state index in [0.717, 1.165) is 38.5 Å². The van der Waals surface area contributed by atoms with Crippen LogP contribution in [0, 0.1) is 44.8 Å². The summed E-state index contributed by atoms with van der Waals surface area (Å²) in [6.07, 6.45) is 12.9. The summed E-state index contributed by atoms with van der Waals surface area (Å²) in [6.45, 7) is 17.8. The molecule has 0 bridgehead atoms. The van der Waals surface area contributed by atoms with Gasteiger partial charge in [0.15, 0.2) is 0 Å². The van der Waals surface area contributed by atoms with E-state index in [9.17, 15) is 4.79 Å². The maximum Gasteiger partial charge on any atom is 0.312 e. The smallest absolute Gasteiger partial charge is 0.312 e. The molecule has 40 heavy (non-hydrogen) atoms. The number of hydrogen-bond acceptors (Lipinski definition) is 2. The Morgan fingerprint density at radius 1 is 0.925 bits per heavy atom. The van der Waals surface area contributed by atoms with Gasteiger partial charge in [-0.15, -0.1) is 0 Å². The molecule has 7 atom stereocenters. The number of hydrogen-bond donors (Lipinski definition) is 1. The summed E-state index contributed by atoms with van der Waals surface area (Å²) < 4.78 is 5.56. The number of aromatic nitrogens is 1. The molecule has 3 nitrogen and oxygen atoms in total. The standard InChI is InChI=1S/C37H51NO2/c1-32(2)17-19-37(31(39)40-8)20-18-35(6)25(26(37)22-32)13-14-29-34(5)21-24-23-11-9-10-12-27(23)38-30(24)33(3,4)28(34)15-16-36(29,35)7/h9-13,26,28-29,38H,14-22H2,1-8H3/t26-,28-,29+,34-,35+,36+,37-/m0/s1. The third-order valence-electron chi connectivity index (χ3n) is 14.4. The molecule has 0 unspecified atom stereocenters. The van der Waals surface area contributed by atoms with Gasteiger partial charge in [0.25, 0.3) is 0 Å². The average Bonchev–Trinajstić information content (AvgIpc) is 3.27. The number of carbonyl (C=O) groups is 1. The molecule has 1 heterocycles. The summed E-state index contributed by atoms with van der Waals surface area (Å²) in [5.74, 6) is 1.66. The number of allylic oxidation sites excluding steroid dienone is 2. The number of rotatable bonds is 1.